The van der Waals surface area contributed by atoms with Gasteiger partial charge in [0.05, 0.1) is 6.54 Å². The van der Waals surface area contributed by atoms with Crippen molar-refractivity contribution < 1.29 is 14.7 Å². The standard InChI is InChI=1S/C12H14N2O3/c1-8-4-2-3-5-9(8)7-14(12(16)17)10-6-13-11(10)15/h2-5,10H,6-7H2,1H3,(H,13,15)(H,16,17)/t10-/m0/s1. The second kappa shape index (κ2) is 4.45. The summed E-state index contributed by atoms with van der Waals surface area (Å²) in [5.74, 6) is -0.221. The molecule has 0 spiro atoms. The van der Waals surface area contributed by atoms with Crippen molar-refractivity contribution >= 4 is 12.0 Å². The third kappa shape index (κ3) is 2.22. The van der Waals surface area contributed by atoms with E-state index in [1.165, 1.54) is 4.90 Å². The van der Waals surface area contributed by atoms with Gasteiger partial charge >= 0.3 is 6.09 Å². The van der Waals surface area contributed by atoms with Gasteiger partial charge in [-0.1, -0.05) is 24.3 Å². The Labute approximate surface area is 99.0 Å². The maximum atomic E-state index is 11.2. The van der Waals surface area contributed by atoms with Crippen LogP contribution in [0.3, 0.4) is 0 Å². The Morgan fingerprint density at radius 1 is 1.53 bits per heavy atom. The molecule has 1 aromatic carbocycles. The first-order chi connectivity index (χ1) is 8.09. The molecule has 0 saturated carbocycles. The van der Waals surface area contributed by atoms with Gasteiger partial charge in [0, 0.05) is 6.54 Å². The molecule has 1 aliphatic rings. The third-order valence-electron chi connectivity index (χ3n) is 3.00. The van der Waals surface area contributed by atoms with Crippen molar-refractivity contribution in [3.05, 3.63) is 35.4 Å². The van der Waals surface area contributed by atoms with Gasteiger partial charge in [0.25, 0.3) is 0 Å². The Bertz CT molecular complexity index is 459. The Morgan fingerprint density at radius 2 is 2.24 bits per heavy atom. The molecule has 1 atom stereocenters. The lowest BCUT2D eigenvalue weighted by atomic mass is 10.1. The van der Waals surface area contributed by atoms with Crippen LogP contribution in [-0.4, -0.2) is 34.6 Å². The highest BCUT2D eigenvalue weighted by molar-refractivity contribution is 5.90. The number of nitrogens with one attached hydrogen (secondary N) is 1. The van der Waals surface area contributed by atoms with Crippen molar-refractivity contribution in [3.63, 3.8) is 0 Å². The summed E-state index contributed by atoms with van der Waals surface area (Å²) < 4.78 is 0. The van der Waals surface area contributed by atoms with E-state index < -0.39 is 12.1 Å². The zero-order valence-electron chi connectivity index (χ0n) is 9.51. The van der Waals surface area contributed by atoms with Gasteiger partial charge < -0.3 is 10.4 Å². The van der Waals surface area contributed by atoms with Gasteiger partial charge in [-0.05, 0) is 18.1 Å². The fourth-order valence-corrected chi connectivity index (χ4v) is 1.81. The monoisotopic (exact) mass is 234 g/mol. The molecule has 0 bridgehead atoms. The lowest BCUT2D eigenvalue weighted by molar-refractivity contribution is -0.132. The van der Waals surface area contributed by atoms with Crippen LogP contribution >= 0.6 is 0 Å². The summed E-state index contributed by atoms with van der Waals surface area (Å²) in [4.78, 5) is 23.6. The normalized spacial score (nSPS) is 18.2. The molecule has 0 radical (unpaired) electrons. The average Bonchev–Trinajstić information content (AvgIpc) is 2.28. The largest absolute Gasteiger partial charge is 0.465 e. The second-order valence-electron chi connectivity index (χ2n) is 4.10. The van der Waals surface area contributed by atoms with E-state index in [9.17, 15) is 9.59 Å². The SMILES string of the molecule is Cc1ccccc1CN(C(=O)O)[C@H]1CNC1=O. The average molecular weight is 234 g/mol. The van der Waals surface area contributed by atoms with Crippen molar-refractivity contribution in [3.8, 4) is 0 Å². The highest BCUT2D eigenvalue weighted by Crippen LogP contribution is 2.15. The van der Waals surface area contributed by atoms with E-state index in [1.54, 1.807) is 0 Å². The van der Waals surface area contributed by atoms with E-state index in [1.807, 2.05) is 31.2 Å². The third-order valence-corrected chi connectivity index (χ3v) is 3.00. The minimum atomic E-state index is -1.06. The molecule has 1 fully saturated rings. The number of carbonyl (C=O) groups is 2. The molecular formula is C12H14N2O3. The fraction of sp³-hybridized carbons (Fsp3) is 0.333. The summed E-state index contributed by atoms with van der Waals surface area (Å²) in [5.41, 5.74) is 1.95. The number of hydrogen-bond acceptors (Lipinski definition) is 2. The van der Waals surface area contributed by atoms with Gasteiger partial charge in [-0.2, -0.15) is 0 Å². The minimum Gasteiger partial charge on any atom is -0.465 e. The van der Waals surface area contributed by atoms with Crippen molar-refractivity contribution in [1.29, 1.82) is 0 Å². The first-order valence-electron chi connectivity index (χ1n) is 5.41. The van der Waals surface area contributed by atoms with Crippen LogP contribution in [0.15, 0.2) is 24.3 Å². The Hall–Kier alpha value is -2.04. The number of carboxylic acid groups (broad SMARTS) is 1. The van der Waals surface area contributed by atoms with Gasteiger partial charge in [0.15, 0.2) is 0 Å². The van der Waals surface area contributed by atoms with E-state index in [-0.39, 0.29) is 12.5 Å². The topological polar surface area (TPSA) is 69.6 Å². The number of benzene rings is 1. The molecule has 2 N–H and O–H groups in total. The minimum absolute atomic E-state index is 0.221. The van der Waals surface area contributed by atoms with E-state index in [4.69, 9.17) is 5.11 Å². The van der Waals surface area contributed by atoms with Crippen LogP contribution in [0.2, 0.25) is 0 Å². The van der Waals surface area contributed by atoms with Gasteiger partial charge in [-0.3, -0.25) is 9.69 Å². The maximum absolute atomic E-state index is 11.2. The highest BCUT2D eigenvalue weighted by atomic mass is 16.4. The number of nitrogens with zero attached hydrogens (tertiary/aromatic N) is 1. The van der Waals surface area contributed by atoms with E-state index in [0.717, 1.165) is 11.1 Å². The molecule has 1 aromatic rings. The molecule has 5 nitrogen and oxygen atoms in total. The highest BCUT2D eigenvalue weighted by Gasteiger charge is 2.36. The summed E-state index contributed by atoms with van der Waals surface area (Å²) in [7, 11) is 0. The molecule has 1 saturated heterocycles. The summed E-state index contributed by atoms with van der Waals surface area (Å²) >= 11 is 0. The number of amides is 2. The lowest BCUT2D eigenvalue weighted by Gasteiger charge is -2.35. The summed E-state index contributed by atoms with van der Waals surface area (Å²) in [6.45, 7) is 2.58. The van der Waals surface area contributed by atoms with E-state index in [2.05, 4.69) is 5.32 Å². The molecule has 2 rings (SSSR count). The molecule has 0 aliphatic carbocycles. The smallest absolute Gasteiger partial charge is 0.408 e. The molecule has 0 aromatic heterocycles. The second-order valence-corrected chi connectivity index (χ2v) is 4.10. The molecule has 5 heteroatoms. The van der Waals surface area contributed by atoms with Crippen molar-refractivity contribution in [1.82, 2.24) is 10.2 Å². The van der Waals surface area contributed by atoms with Gasteiger partial charge in [-0.25, -0.2) is 4.79 Å². The van der Waals surface area contributed by atoms with Crippen molar-refractivity contribution in [2.45, 2.75) is 19.5 Å². The summed E-state index contributed by atoms with van der Waals surface area (Å²) in [5, 5.41) is 11.7. The molecule has 1 aliphatic heterocycles. The number of hydrogen-bond donors (Lipinski definition) is 2. The van der Waals surface area contributed by atoms with Crippen LogP contribution in [-0.2, 0) is 11.3 Å². The van der Waals surface area contributed by atoms with Crippen LogP contribution in [0.4, 0.5) is 4.79 Å². The van der Waals surface area contributed by atoms with Crippen LogP contribution in [0, 0.1) is 6.92 Å². The summed E-state index contributed by atoms with van der Waals surface area (Å²) in [6.07, 6.45) is -1.06. The Balaban J connectivity index is 2.16. The molecule has 0 unspecified atom stereocenters. The molecule has 90 valence electrons. The molecular weight excluding hydrogens is 220 g/mol. The van der Waals surface area contributed by atoms with Gasteiger partial charge in [-0.15, -0.1) is 0 Å². The number of β-lactam (4-membered cyclic amide) rings is 1. The molecule has 2 amide bonds. The predicted octanol–water partition coefficient (Wildman–Crippen LogP) is 0.973. The quantitative estimate of drug-likeness (QED) is 0.766. The van der Waals surface area contributed by atoms with Crippen LogP contribution in [0.1, 0.15) is 11.1 Å². The van der Waals surface area contributed by atoms with Crippen LogP contribution < -0.4 is 5.32 Å². The van der Waals surface area contributed by atoms with Crippen LogP contribution in [0.5, 0.6) is 0 Å². The van der Waals surface area contributed by atoms with E-state index in [0.29, 0.717) is 6.54 Å². The van der Waals surface area contributed by atoms with E-state index >= 15 is 0 Å². The number of aryl methyl sites for hydroxylation is 1. The number of carbonyl (C=O) groups excluding carboxylic acids is 1. The van der Waals surface area contributed by atoms with Crippen molar-refractivity contribution in [2.75, 3.05) is 6.54 Å². The first kappa shape index (κ1) is 11.4. The van der Waals surface area contributed by atoms with Crippen molar-refractivity contribution in [2.24, 2.45) is 0 Å². The summed E-state index contributed by atoms with van der Waals surface area (Å²) in [6, 6.07) is 7.02. The van der Waals surface area contributed by atoms with Gasteiger partial charge in [0.1, 0.15) is 6.04 Å². The maximum Gasteiger partial charge on any atom is 0.408 e. The Kier molecular flexibility index (Phi) is 2.99. The molecule has 1 heterocycles. The zero-order valence-corrected chi connectivity index (χ0v) is 9.51. The number of rotatable bonds is 3. The predicted molar refractivity (Wildman–Crippen MR) is 61.5 cm³/mol. The zero-order chi connectivity index (χ0) is 12.4. The lowest BCUT2D eigenvalue weighted by Crippen LogP contribution is -2.62. The first-order valence-corrected chi connectivity index (χ1v) is 5.41. The Morgan fingerprint density at radius 3 is 2.71 bits per heavy atom. The fourth-order valence-electron chi connectivity index (χ4n) is 1.81. The van der Waals surface area contributed by atoms with Crippen LogP contribution in [0.25, 0.3) is 0 Å². The van der Waals surface area contributed by atoms with Gasteiger partial charge in [0.2, 0.25) is 5.91 Å². The molecule has 17 heavy (non-hydrogen) atoms.